The third-order valence-electron chi connectivity index (χ3n) is 4.26. The maximum absolute atomic E-state index is 12.4. The van der Waals surface area contributed by atoms with Crippen molar-refractivity contribution in [2.75, 3.05) is 23.0 Å². The van der Waals surface area contributed by atoms with Crippen molar-refractivity contribution in [2.24, 2.45) is 7.05 Å². The molecule has 8 nitrogen and oxygen atoms in total. The normalized spacial score (nSPS) is 10.6. The topological polar surface area (TPSA) is 98.1 Å². The molecule has 32 heavy (non-hydrogen) atoms. The number of carbonyl (C=O) groups is 2. The highest BCUT2D eigenvalue weighted by molar-refractivity contribution is 7.99. The summed E-state index contributed by atoms with van der Waals surface area (Å²) in [5.41, 5.74) is 1.03. The molecule has 1 heterocycles. The number of carbonyl (C=O) groups excluding carboxylic acids is 2. The van der Waals surface area contributed by atoms with E-state index in [1.165, 1.54) is 11.8 Å². The number of hydrogen-bond donors (Lipinski definition) is 2. The van der Waals surface area contributed by atoms with Gasteiger partial charge in [0.25, 0.3) is 0 Å². The van der Waals surface area contributed by atoms with Gasteiger partial charge in [-0.15, -0.1) is 10.2 Å². The van der Waals surface area contributed by atoms with Crippen molar-refractivity contribution in [1.82, 2.24) is 14.8 Å². The molecule has 0 radical (unpaired) electrons. The maximum atomic E-state index is 12.4. The predicted molar refractivity (Wildman–Crippen MR) is 127 cm³/mol. The SMILES string of the molecule is CCOc1ccccc1NC(=O)CSc1nnc(CC(=O)Nc2cccc(Cl)c2Cl)n1C. The lowest BCUT2D eigenvalue weighted by Crippen LogP contribution is -2.17. The number of anilines is 2. The third-order valence-corrected chi connectivity index (χ3v) is 6.10. The van der Waals surface area contributed by atoms with E-state index in [9.17, 15) is 9.59 Å². The third kappa shape index (κ3) is 6.15. The smallest absolute Gasteiger partial charge is 0.234 e. The first-order valence-electron chi connectivity index (χ1n) is 9.65. The Morgan fingerprint density at radius 3 is 2.53 bits per heavy atom. The lowest BCUT2D eigenvalue weighted by atomic mass is 10.3. The van der Waals surface area contributed by atoms with Crippen LogP contribution in [0.5, 0.6) is 5.75 Å². The molecule has 0 saturated heterocycles. The van der Waals surface area contributed by atoms with Gasteiger partial charge in [-0.25, -0.2) is 0 Å². The Labute approximate surface area is 199 Å². The molecular formula is C21H21Cl2N5O3S. The van der Waals surface area contributed by atoms with E-state index in [4.69, 9.17) is 27.9 Å². The van der Waals surface area contributed by atoms with Crippen molar-refractivity contribution in [3.63, 3.8) is 0 Å². The van der Waals surface area contributed by atoms with Crippen LogP contribution >= 0.6 is 35.0 Å². The average Bonchev–Trinajstić information content (AvgIpc) is 3.10. The lowest BCUT2D eigenvalue weighted by molar-refractivity contribution is -0.116. The van der Waals surface area contributed by atoms with Gasteiger partial charge in [-0.2, -0.15) is 0 Å². The van der Waals surface area contributed by atoms with Gasteiger partial charge in [0.1, 0.15) is 11.6 Å². The molecule has 0 aliphatic heterocycles. The van der Waals surface area contributed by atoms with Gasteiger partial charge in [0.2, 0.25) is 11.8 Å². The summed E-state index contributed by atoms with van der Waals surface area (Å²) in [7, 11) is 1.74. The minimum atomic E-state index is -0.313. The van der Waals surface area contributed by atoms with Gasteiger partial charge >= 0.3 is 0 Å². The second-order valence-corrected chi connectivity index (χ2v) is 8.28. The number of hydrogen-bond acceptors (Lipinski definition) is 6. The summed E-state index contributed by atoms with van der Waals surface area (Å²) in [4.78, 5) is 24.8. The Morgan fingerprint density at radius 1 is 1.03 bits per heavy atom. The Bertz CT molecular complexity index is 1120. The first-order chi connectivity index (χ1) is 15.4. The minimum absolute atomic E-state index is 0.0131. The molecule has 0 unspecified atom stereocenters. The number of para-hydroxylation sites is 2. The molecule has 11 heteroatoms. The van der Waals surface area contributed by atoms with Crippen LogP contribution in [0.1, 0.15) is 12.7 Å². The van der Waals surface area contributed by atoms with Crippen molar-refractivity contribution in [3.8, 4) is 5.75 Å². The van der Waals surface area contributed by atoms with E-state index in [0.29, 0.717) is 39.7 Å². The standard InChI is InChI=1S/C21H21Cl2N5O3S/c1-3-31-16-10-5-4-8-14(16)24-19(30)12-32-21-27-26-17(28(21)2)11-18(29)25-15-9-6-7-13(22)20(15)23/h4-10H,3,11-12H2,1-2H3,(H,24,30)(H,25,29). The fourth-order valence-corrected chi connectivity index (χ4v) is 3.81. The van der Waals surface area contributed by atoms with E-state index in [0.717, 1.165) is 0 Å². The minimum Gasteiger partial charge on any atom is -0.492 e. The summed E-state index contributed by atoms with van der Waals surface area (Å²) >= 11 is 13.3. The number of nitrogens with zero attached hydrogens (tertiary/aromatic N) is 3. The molecule has 2 N–H and O–H groups in total. The molecule has 0 aliphatic carbocycles. The fraction of sp³-hybridized carbons (Fsp3) is 0.238. The first kappa shape index (κ1) is 23.9. The quantitative estimate of drug-likeness (QED) is 0.427. The van der Waals surface area contributed by atoms with Gasteiger partial charge in [-0.05, 0) is 31.2 Å². The van der Waals surface area contributed by atoms with E-state index in [1.54, 1.807) is 41.9 Å². The van der Waals surface area contributed by atoms with E-state index < -0.39 is 0 Å². The summed E-state index contributed by atoms with van der Waals surface area (Å²) in [5, 5.41) is 14.8. The van der Waals surface area contributed by atoms with Gasteiger partial charge in [0, 0.05) is 7.05 Å². The Kier molecular flexibility index (Phi) is 8.38. The molecule has 1 aromatic heterocycles. The summed E-state index contributed by atoms with van der Waals surface area (Å²) in [5.74, 6) is 0.661. The molecule has 0 saturated carbocycles. The zero-order valence-electron chi connectivity index (χ0n) is 17.4. The van der Waals surface area contributed by atoms with Crippen LogP contribution in [0.15, 0.2) is 47.6 Å². The zero-order chi connectivity index (χ0) is 23.1. The van der Waals surface area contributed by atoms with Gasteiger partial charge in [0.15, 0.2) is 5.16 Å². The Hall–Kier alpha value is -2.75. The molecule has 168 valence electrons. The van der Waals surface area contributed by atoms with Crippen LogP contribution in [-0.2, 0) is 23.1 Å². The zero-order valence-corrected chi connectivity index (χ0v) is 19.7. The number of benzene rings is 2. The van der Waals surface area contributed by atoms with Crippen molar-refractivity contribution in [3.05, 3.63) is 58.3 Å². The summed E-state index contributed by atoms with van der Waals surface area (Å²) < 4.78 is 7.19. The van der Waals surface area contributed by atoms with Crippen LogP contribution in [0, 0.1) is 0 Å². The van der Waals surface area contributed by atoms with Crippen LogP contribution < -0.4 is 15.4 Å². The molecule has 3 aromatic rings. The molecule has 0 bridgehead atoms. The average molecular weight is 494 g/mol. The largest absolute Gasteiger partial charge is 0.492 e. The number of nitrogens with one attached hydrogen (secondary N) is 2. The number of halogens is 2. The van der Waals surface area contributed by atoms with Gasteiger partial charge in [0.05, 0.1) is 40.2 Å². The first-order valence-corrected chi connectivity index (χ1v) is 11.4. The van der Waals surface area contributed by atoms with Gasteiger partial charge in [-0.3, -0.25) is 9.59 Å². The van der Waals surface area contributed by atoms with E-state index in [1.807, 2.05) is 19.1 Å². The second kappa shape index (κ2) is 11.2. The molecule has 0 atom stereocenters. The summed E-state index contributed by atoms with van der Waals surface area (Å²) in [6.07, 6.45) is -0.0131. The number of rotatable bonds is 9. The van der Waals surface area contributed by atoms with Crippen molar-refractivity contribution < 1.29 is 14.3 Å². The van der Waals surface area contributed by atoms with Crippen LogP contribution in [0.4, 0.5) is 11.4 Å². The Morgan fingerprint density at radius 2 is 1.75 bits per heavy atom. The lowest BCUT2D eigenvalue weighted by Gasteiger charge is -2.11. The maximum Gasteiger partial charge on any atom is 0.234 e. The predicted octanol–water partition coefficient (Wildman–Crippen LogP) is 4.43. The van der Waals surface area contributed by atoms with E-state index in [2.05, 4.69) is 20.8 Å². The van der Waals surface area contributed by atoms with E-state index in [-0.39, 0.29) is 29.0 Å². The molecule has 0 aliphatic rings. The fourth-order valence-electron chi connectivity index (χ4n) is 2.73. The van der Waals surface area contributed by atoms with Crippen LogP contribution in [0.3, 0.4) is 0 Å². The monoisotopic (exact) mass is 493 g/mol. The molecule has 3 rings (SSSR count). The number of aromatic nitrogens is 3. The molecule has 0 spiro atoms. The van der Waals surface area contributed by atoms with Gasteiger partial charge < -0.3 is 19.9 Å². The van der Waals surface area contributed by atoms with Crippen LogP contribution in [-0.4, -0.2) is 38.9 Å². The van der Waals surface area contributed by atoms with Crippen molar-refractivity contribution >= 4 is 58.2 Å². The highest BCUT2D eigenvalue weighted by Gasteiger charge is 2.16. The summed E-state index contributed by atoms with van der Waals surface area (Å²) in [6, 6.07) is 12.2. The Balaban J connectivity index is 1.56. The van der Waals surface area contributed by atoms with Crippen LogP contribution in [0.25, 0.3) is 0 Å². The molecule has 2 aromatic carbocycles. The number of amides is 2. The number of thioether (sulfide) groups is 1. The highest BCUT2D eigenvalue weighted by atomic mass is 35.5. The summed E-state index contributed by atoms with van der Waals surface area (Å²) in [6.45, 7) is 2.38. The molecular weight excluding hydrogens is 473 g/mol. The number of ether oxygens (including phenoxy) is 1. The second-order valence-electron chi connectivity index (χ2n) is 6.55. The molecule has 0 fully saturated rings. The van der Waals surface area contributed by atoms with Crippen molar-refractivity contribution in [2.45, 2.75) is 18.5 Å². The highest BCUT2D eigenvalue weighted by Crippen LogP contribution is 2.29. The van der Waals surface area contributed by atoms with Gasteiger partial charge in [-0.1, -0.05) is 53.2 Å². The van der Waals surface area contributed by atoms with Crippen molar-refractivity contribution in [1.29, 1.82) is 0 Å². The molecule has 2 amide bonds. The van der Waals surface area contributed by atoms with Crippen LogP contribution in [0.2, 0.25) is 10.0 Å². The van der Waals surface area contributed by atoms with E-state index >= 15 is 0 Å².